The second-order valence-electron chi connectivity index (χ2n) is 6.68. The van der Waals surface area contributed by atoms with Crippen LogP contribution in [0.3, 0.4) is 0 Å². The Balaban J connectivity index is 1.51. The van der Waals surface area contributed by atoms with Crippen molar-refractivity contribution in [2.75, 3.05) is 26.2 Å². The van der Waals surface area contributed by atoms with Crippen molar-refractivity contribution in [2.24, 2.45) is 0 Å². The number of hydrogen-bond donors (Lipinski definition) is 1. The quantitative estimate of drug-likeness (QED) is 0.824. The lowest BCUT2D eigenvalue weighted by atomic mass is 10.1. The number of esters is 1. The molecule has 2 aromatic carbocycles. The minimum Gasteiger partial charge on any atom is -0.461 e. The van der Waals surface area contributed by atoms with Gasteiger partial charge in [-0.05, 0) is 17.7 Å². The van der Waals surface area contributed by atoms with Crippen molar-refractivity contribution in [3.8, 4) is 0 Å². The van der Waals surface area contributed by atoms with E-state index in [0.29, 0.717) is 5.56 Å². The lowest BCUT2D eigenvalue weighted by molar-refractivity contribution is -0.917. The third-order valence-electron chi connectivity index (χ3n) is 4.70. The maximum Gasteiger partial charge on any atom is 0.302 e. The van der Waals surface area contributed by atoms with Gasteiger partial charge in [0.15, 0.2) is 0 Å². The number of ether oxygens (including phenoxy) is 1. The van der Waals surface area contributed by atoms with Crippen LogP contribution in [0, 0.1) is 0 Å². The zero-order chi connectivity index (χ0) is 18.4. The van der Waals surface area contributed by atoms with Crippen LogP contribution in [0.15, 0.2) is 54.6 Å². The molecule has 1 heterocycles. The first-order chi connectivity index (χ1) is 12.6. The fraction of sp³-hybridized carbons (Fsp3) is 0.333. The number of amides is 1. The summed E-state index contributed by atoms with van der Waals surface area (Å²) in [6, 6.07) is 17.8. The second-order valence-corrected chi connectivity index (χ2v) is 6.68. The minimum atomic E-state index is -0.305. The average molecular weight is 353 g/mol. The first-order valence-corrected chi connectivity index (χ1v) is 9.01. The van der Waals surface area contributed by atoms with Crippen LogP contribution in [-0.4, -0.2) is 43.0 Å². The molecule has 0 aliphatic carbocycles. The fourth-order valence-corrected chi connectivity index (χ4v) is 3.20. The van der Waals surface area contributed by atoms with Crippen molar-refractivity contribution in [3.63, 3.8) is 0 Å². The molecule has 2 aromatic rings. The van der Waals surface area contributed by atoms with E-state index in [4.69, 9.17) is 4.74 Å². The van der Waals surface area contributed by atoms with Gasteiger partial charge in [0.1, 0.15) is 13.2 Å². The molecule has 0 radical (unpaired) electrons. The number of quaternary nitrogens is 1. The standard InChI is InChI=1S/C21H24N2O3/c1-17(24)26-16-19-7-9-20(10-8-19)21(25)23-13-11-22(12-14-23)15-18-5-3-2-4-6-18/h2-10H,11-16H2,1H3/p+1. The number of carbonyl (C=O) groups excluding carboxylic acids is 2. The summed E-state index contributed by atoms with van der Waals surface area (Å²) >= 11 is 0. The first kappa shape index (κ1) is 18.1. The lowest BCUT2D eigenvalue weighted by Crippen LogP contribution is -3.13. The maximum atomic E-state index is 12.7. The largest absolute Gasteiger partial charge is 0.461 e. The smallest absolute Gasteiger partial charge is 0.302 e. The summed E-state index contributed by atoms with van der Waals surface area (Å²) in [5.41, 5.74) is 2.91. The number of nitrogens with zero attached hydrogens (tertiary/aromatic N) is 1. The highest BCUT2D eigenvalue weighted by molar-refractivity contribution is 5.94. The molecule has 5 heteroatoms. The van der Waals surface area contributed by atoms with Gasteiger partial charge in [0.2, 0.25) is 0 Å². The summed E-state index contributed by atoms with van der Waals surface area (Å²) in [4.78, 5) is 27.0. The third kappa shape index (κ3) is 4.92. The zero-order valence-corrected chi connectivity index (χ0v) is 15.1. The summed E-state index contributed by atoms with van der Waals surface area (Å²) in [5, 5.41) is 0. The molecular weight excluding hydrogens is 328 g/mol. The van der Waals surface area contributed by atoms with Gasteiger partial charge in [-0.3, -0.25) is 9.59 Å². The van der Waals surface area contributed by atoms with Gasteiger partial charge in [0, 0.05) is 18.1 Å². The molecule has 0 aromatic heterocycles. The molecule has 0 unspecified atom stereocenters. The zero-order valence-electron chi connectivity index (χ0n) is 15.1. The Morgan fingerprint density at radius 2 is 1.62 bits per heavy atom. The van der Waals surface area contributed by atoms with Gasteiger partial charge < -0.3 is 14.5 Å². The van der Waals surface area contributed by atoms with Crippen molar-refractivity contribution in [1.82, 2.24) is 4.90 Å². The van der Waals surface area contributed by atoms with Crippen molar-refractivity contribution < 1.29 is 19.2 Å². The van der Waals surface area contributed by atoms with Crippen molar-refractivity contribution >= 4 is 11.9 Å². The minimum absolute atomic E-state index is 0.0720. The molecule has 1 aliphatic heterocycles. The summed E-state index contributed by atoms with van der Waals surface area (Å²) < 4.78 is 4.97. The van der Waals surface area contributed by atoms with Crippen LogP contribution in [0.2, 0.25) is 0 Å². The molecule has 1 fully saturated rings. The fourth-order valence-electron chi connectivity index (χ4n) is 3.20. The second kappa shape index (κ2) is 8.63. The number of hydrogen-bond acceptors (Lipinski definition) is 3. The molecule has 5 nitrogen and oxygen atoms in total. The molecule has 0 bridgehead atoms. The molecule has 0 saturated carbocycles. The topological polar surface area (TPSA) is 51.1 Å². The lowest BCUT2D eigenvalue weighted by Gasteiger charge is -2.32. The summed E-state index contributed by atoms with van der Waals surface area (Å²) in [6.45, 7) is 6.11. The van der Waals surface area contributed by atoms with Gasteiger partial charge in [-0.2, -0.15) is 0 Å². The van der Waals surface area contributed by atoms with Crippen LogP contribution < -0.4 is 4.90 Å². The molecule has 136 valence electrons. The van der Waals surface area contributed by atoms with E-state index in [9.17, 15) is 9.59 Å². The van der Waals surface area contributed by atoms with Gasteiger partial charge >= 0.3 is 5.97 Å². The Labute approximate surface area is 154 Å². The van der Waals surface area contributed by atoms with Crippen LogP contribution in [-0.2, 0) is 22.7 Å². The van der Waals surface area contributed by atoms with Crippen LogP contribution in [0.25, 0.3) is 0 Å². The van der Waals surface area contributed by atoms with E-state index in [0.717, 1.165) is 38.3 Å². The highest BCUT2D eigenvalue weighted by atomic mass is 16.5. The van der Waals surface area contributed by atoms with Gasteiger partial charge in [0.05, 0.1) is 26.2 Å². The molecule has 1 N–H and O–H groups in total. The van der Waals surface area contributed by atoms with Gasteiger partial charge in [-0.1, -0.05) is 42.5 Å². The predicted molar refractivity (Wildman–Crippen MR) is 98.7 cm³/mol. The number of rotatable bonds is 5. The monoisotopic (exact) mass is 353 g/mol. The molecule has 1 amide bonds. The van der Waals surface area contributed by atoms with Crippen molar-refractivity contribution in [3.05, 3.63) is 71.3 Å². The Hall–Kier alpha value is -2.66. The highest BCUT2D eigenvalue weighted by Gasteiger charge is 2.24. The van der Waals surface area contributed by atoms with Crippen LogP contribution >= 0.6 is 0 Å². The molecule has 1 saturated heterocycles. The Kier molecular flexibility index (Phi) is 6.02. The van der Waals surface area contributed by atoms with E-state index in [2.05, 4.69) is 24.3 Å². The summed E-state index contributed by atoms with van der Waals surface area (Å²) in [7, 11) is 0. The van der Waals surface area contributed by atoms with Crippen LogP contribution in [0.4, 0.5) is 0 Å². The number of nitrogens with one attached hydrogen (secondary N) is 1. The van der Waals surface area contributed by atoms with E-state index in [1.807, 2.05) is 35.2 Å². The SMILES string of the molecule is CC(=O)OCc1ccc(C(=O)N2CC[NH+](Cc3ccccc3)CC2)cc1. The molecule has 0 atom stereocenters. The highest BCUT2D eigenvalue weighted by Crippen LogP contribution is 2.09. The Bertz CT molecular complexity index is 736. The van der Waals surface area contributed by atoms with E-state index in [-0.39, 0.29) is 18.5 Å². The number of carbonyl (C=O) groups is 2. The van der Waals surface area contributed by atoms with Crippen LogP contribution in [0.5, 0.6) is 0 Å². The Morgan fingerprint density at radius 3 is 2.23 bits per heavy atom. The normalized spacial score (nSPS) is 14.9. The number of piperazine rings is 1. The van der Waals surface area contributed by atoms with E-state index in [1.165, 1.54) is 17.4 Å². The maximum absolute atomic E-state index is 12.7. The van der Waals surface area contributed by atoms with Crippen molar-refractivity contribution in [2.45, 2.75) is 20.1 Å². The van der Waals surface area contributed by atoms with Crippen molar-refractivity contribution in [1.29, 1.82) is 0 Å². The molecular formula is C21H25N2O3+. The number of benzene rings is 2. The third-order valence-corrected chi connectivity index (χ3v) is 4.70. The molecule has 3 rings (SSSR count). The molecule has 26 heavy (non-hydrogen) atoms. The van der Waals surface area contributed by atoms with E-state index >= 15 is 0 Å². The summed E-state index contributed by atoms with van der Waals surface area (Å²) in [5.74, 6) is -0.233. The van der Waals surface area contributed by atoms with E-state index in [1.54, 1.807) is 0 Å². The van der Waals surface area contributed by atoms with Gasteiger partial charge in [0.25, 0.3) is 5.91 Å². The molecule has 0 spiro atoms. The average Bonchev–Trinajstić information content (AvgIpc) is 2.68. The van der Waals surface area contributed by atoms with Gasteiger partial charge in [-0.15, -0.1) is 0 Å². The predicted octanol–water partition coefficient (Wildman–Crippen LogP) is 1.29. The van der Waals surface area contributed by atoms with Gasteiger partial charge in [-0.25, -0.2) is 0 Å². The van der Waals surface area contributed by atoms with Crippen LogP contribution in [0.1, 0.15) is 28.4 Å². The summed E-state index contributed by atoms with van der Waals surface area (Å²) in [6.07, 6.45) is 0. The first-order valence-electron chi connectivity index (χ1n) is 9.01. The van der Waals surface area contributed by atoms with E-state index < -0.39 is 0 Å². The Morgan fingerprint density at radius 1 is 0.962 bits per heavy atom. The molecule has 1 aliphatic rings.